The Bertz CT molecular complexity index is 670. The molecule has 1 aromatic carbocycles. The summed E-state index contributed by atoms with van der Waals surface area (Å²) in [5, 5.41) is 22.7. The lowest BCUT2D eigenvalue weighted by atomic mass is 10.1. The number of nitrogens with one attached hydrogen (secondary N) is 1. The second-order valence-electron chi connectivity index (χ2n) is 7.95. The van der Waals surface area contributed by atoms with Crippen LogP contribution < -0.4 is 9.50 Å². The molecule has 0 aliphatic carbocycles. The maximum atomic E-state index is 12.1. The third-order valence-corrected chi connectivity index (χ3v) is 9.38. The zero-order valence-corrected chi connectivity index (χ0v) is 18.3. The second-order valence-corrected chi connectivity index (χ2v) is 12.3. The molecule has 0 saturated carbocycles. The summed E-state index contributed by atoms with van der Waals surface area (Å²) >= 11 is 0. The van der Waals surface area contributed by atoms with Crippen LogP contribution >= 0.6 is 10.3 Å². The minimum atomic E-state index is -1.63. The number of hydrogen-bond donors (Lipinski definition) is 3. The van der Waals surface area contributed by atoms with Gasteiger partial charge in [0.15, 0.2) is 0 Å². The van der Waals surface area contributed by atoms with E-state index in [9.17, 15) is 19.8 Å². The molecule has 1 amide bonds. The van der Waals surface area contributed by atoms with E-state index >= 15 is 0 Å². The summed E-state index contributed by atoms with van der Waals surface area (Å²) in [7, 11) is -1.52. The van der Waals surface area contributed by atoms with Crippen LogP contribution in [0.15, 0.2) is 18.2 Å². The highest BCUT2D eigenvalue weighted by Gasteiger charge is 2.37. The van der Waals surface area contributed by atoms with E-state index in [0.717, 1.165) is 0 Å². The summed E-state index contributed by atoms with van der Waals surface area (Å²) in [5.41, 5.74) is -1.58. The molecule has 0 bridgehead atoms. The molecule has 0 unspecified atom stereocenters. The summed E-state index contributed by atoms with van der Waals surface area (Å²) in [6.07, 6.45) is 0. The highest BCUT2D eigenvalue weighted by molar-refractivity contribution is 8.31. The molecule has 0 heterocycles. The number of anilines is 1. The van der Waals surface area contributed by atoms with Gasteiger partial charge in [-0.2, -0.15) is 0 Å². The van der Waals surface area contributed by atoms with Crippen molar-refractivity contribution in [3.05, 3.63) is 23.8 Å². The Balaban J connectivity index is 3.40. The van der Waals surface area contributed by atoms with Crippen LogP contribution in [-0.4, -0.2) is 43.4 Å². The zero-order valence-electron chi connectivity index (χ0n) is 17.5. The standard InChI is InChI=1S/C20H33NO5S/c1-12(2)27(13(3)4,14(5)6)26-15-9-10-16(18(22)23)17(11-15)21-19(24)20(7,8)25/h9-14,25H,1-8H3,(H,21,24)(H,22,23). The van der Waals surface area contributed by atoms with Gasteiger partial charge in [-0.15, -0.1) is 0 Å². The van der Waals surface area contributed by atoms with Crippen LogP contribution in [0.25, 0.3) is 0 Å². The molecule has 0 fully saturated rings. The molecule has 0 radical (unpaired) electrons. The van der Waals surface area contributed by atoms with Gasteiger partial charge >= 0.3 is 5.97 Å². The summed E-state index contributed by atoms with van der Waals surface area (Å²) in [6.45, 7) is 15.5. The van der Waals surface area contributed by atoms with E-state index in [1.165, 1.54) is 26.0 Å². The molecule has 0 aliphatic heterocycles. The normalized spacial score (nSPS) is 13.2. The van der Waals surface area contributed by atoms with Crippen LogP contribution in [0.5, 0.6) is 5.75 Å². The highest BCUT2D eigenvalue weighted by Crippen LogP contribution is 2.60. The van der Waals surface area contributed by atoms with Gasteiger partial charge < -0.3 is 19.7 Å². The van der Waals surface area contributed by atoms with Crippen molar-refractivity contribution >= 4 is 27.9 Å². The number of carboxylic acids is 1. The number of amides is 1. The van der Waals surface area contributed by atoms with Crippen molar-refractivity contribution in [2.45, 2.75) is 76.7 Å². The number of carbonyl (C=O) groups is 2. The van der Waals surface area contributed by atoms with Gasteiger partial charge in [0.1, 0.15) is 11.4 Å². The van der Waals surface area contributed by atoms with Crippen LogP contribution in [0.3, 0.4) is 0 Å². The Labute approximate surface area is 163 Å². The van der Waals surface area contributed by atoms with E-state index in [-0.39, 0.29) is 11.3 Å². The largest absolute Gasteiger partial charge is 0.478 e. The molecule has 0 atom stereocenters. The van der Waals surface area contributed by atoms with Crippen LogP contribution in [0.2, 0.25) is 0 Å². The first-order chi connectivity index (χ1) is 12.2. The van der Waals surface area contributed by atoms with E-state index in [1.807, 2.05) is 0 Å². The fourth-order valence-corrected chi connectivity index (χ4v) is 7.51. The lowest BCUT2D eigenvalue weighted by Crippen LogP contribution is -2.37. The van der Waals surface area contributed by atoms with E-state index in [4.69, 9.17) is 4.18 Å². The first-order valence-electron chi connectivity index (χ1n) is 9.14. The van der Waals surface area contributed by atoms with Crippen molar-refractivity contribution in [2.75, 3.05) is 5.32 Å². The van der Waals surface area contributed by atoms with Gasteiger partial charge in [0.2, 0.25) is 0 Å². The minimum Gasteiger partial charge on any atom is -0.478 e. The fourth-order valence-electron chi connectivity index (χ4n) is 3.23. The molecule has 154 valence electrons. The van der Waals surface area contributed by atoms with E-state index in [2.05, 4.69) is 46.9 Å². The average Bonchev–Trinajstić information content (AvgIpc) is 2.50. The molecule has 7 heteroatoms. The van der Waals surface area contributed by atoms with E-state index < -0.39 is 27.8 Å². The Morgan fingerprint density at radius 1 is 1.04 bits per heavy atom. The maximum Gasteiger partial charge on any atom is 0.337 e. The third-order valence-electron chi connectivity index (χ3n) is 4.48. The van der Waals surface area contributed by atoms with Gasteiger partial charge in [0.25, 0.3) is 5.91 Å². The molecule has 1 aromatic rings. The topological polar surface area (TPSA) is 95.9 Å². The number of carbonyl (C=O) groups excluding carboxylic acids is 1. The smallest absolute Gasteiger partial charge is 0.337 e. The fraction of sp³-hybridized carbons (Fsp3) is 0.600. The quantitative estimate of drug-likeness (QED) is 0.601. The van der Waals surface area contributed by atoms with Gasteiger partial charge in [0.05, 0.1) is 11.3 Å². The van der Waals surface area contributed by atoms with Crippen molar-refractivity contribution in [3.8, 4) is 5.75 Å². The van der Waals surface area contributed by atoms with Gasteiger partial charge in [-0.25, -0.2) is 4.79 Å². The first-order valence-corrected chi connectivity index (χ1v) is 10.9. The van der Waals surface area contributed by atoms with Crippen LogP contribution in [0, 0.1) is 0 Å². The minimum absolute atomic E-state index is 0.0563. The highest BCUT2D eigenvalue weighted by atomic mass is 32.3. The van der Waals surface area contributed by atoms with E-state index in [1.54, 1.807) is 6.07 Å². The number of aromatic carboxylic acids is 1. The van der Waals surface area contributed by atoms with E-state index in [0.29, 0.717) is 21.5 Å². The summed E-state index contributed by atoms with van der Waals surface area (Å²) in [6, 6.07) is 4.57. The molecule has 3 N–H and O–H groups in total. The Kier molecular flexibility index (Phi) is 7.36. The van der Waals surface area contributed by atoms with Crippen LogP contribution in [0.4, 0.5) is 5.69 Å². The second kappa shape index (κ2) is 8.52. The molecular formula is C20H33NO5S. The molecule has 0 spiro atoms. The Morgan fingerprint density at radius 3 is 1.89 bits per heavy atom. The molecule has 6 nitrogen and oxygen atoms in total. The predicted octanol–water partition coefficient (Wildman–Crippen LogP) is 4.42. The predicted molar refractivity (Wildman–Crippen MR) is 112 cm³/mol. The number of rotatable bonds is 8. The molecule has 1 rings (SSSR count). The summed E-state index contributed by atoms with van der Waals surface area (Å²) < 4.78 is 6.51. The molecule has 0 saturated heterocycles. The van der Waals surface area contributed by atoms with Crippen molar-refractivity contribution in [1.29, 1.82) is 0 Å². The number of carboxylic acid groups (broad SMARTS) is 1. The zero-order chi connectivity index (χ0) is 21.2. The Hall–Kier alpha value is -1.73. The first kappa shape index (κ1) is 23.3. The van der Waals surface area contributed by atoms with Crippen LogP contribution in [0.1, 0.15) is 65.7 Å². The van der Waals surface area contributed by atoms with Gasteiger partial charge in [-0.05, 0) is 26.0 Å². The van der Waals surface area contributed by atoms with Crippen molar-refractivity contribution in [2.24, 2.45) is 0 Å². The monoisotopic (exact) mass is 399 g/mol. The number of benzene rings is 1. The summed E-state index contributed by atoms with van der Waals surface area (Å²) in [4.78, 5) is 23.7. The molecule has 0 aliphatic rings. The SMILES string of the molecule is CC(C)S(Oc1ccc(C(=O)O)c(NC(=O)C(C)(C)O)c1)(C(C)C)C(C)C. The third kappa shape index (κ3) is 5.17. The maximum absolute atomic E-state index is 12.1. The number of hydrogen-bond acceptors (Lipinski definition) is 4. The van der Waals surface area contributed by atoms with Gasteiger partial charge in [0, 0.05) is 21.8 Å². The molecule has 27 heavy (non-hydrogen) atoms. The van der Waals surface area contributed by atoms with Crippen molar-refractivity contribution < 1.29 is 24.0 Å². The average molecular weight is 400 g/mol. The molecular weight excluding hydrogens is 366 g/mol. The summed E-state index contributed by atoms with van der Waals surface area (Å²) in [5.74, 6) is -1.34. The Morgan fingerprint density at radius 2 is 1.52 bits per heavy atom. The van der Waals surface area contributed by atoms with Gasteiger partial charge in [-0.1, -0.05) is 51.9 Å². The molecule has 0 aromatic heterocycles. The lowest BCUT2D eigenvalue weighted by Gasteiger charge is -2.50. The lowest BCUT2D eigenvalue weighted by molar-refractivity contribution is -0.130. The van der Waals surface area contributed by atoms with Crippen molar-refractivity contribution in [1.82, 2.24) is 0 Å². The van der Waals surface area contributed by atoms with Crippen LogP contribution in [-0.2, 0) is 4.79 Å². The number of aliphatic hydroxyl groups is 1. The van der Waals surface area contributed by atoms with Gasteiger partial charge in [-0.3, -0.25) is 4.79 Å². The van der Waals surface area contributed by atoms with Crippen molar-refractivity contribution in [3.63, 3.8) is 0 Å².